The Kier molecular flexibility index (Phi) is 8.68. The third kappa shape index (κ3) is 6.21. The lowest BCUT2D eigenvalue weighted by Crippen LogP contribution is -2.38. The molecule has 0 aliphatic heterocycles. The van der Waals surface area contributed by atoms with Crippen molar-refractivity contribution < 1.29 is 4.52 Å². The number of nitrogens with one attached hydrogen (secondary N) is 1. The predicted molar refractivity (Wildman–Crippen MR) is 104 cm³/mol. The second kappa shape index (κ2) is 10.3. The summed E-state index contributed by atoms with van der Waals surface area (Å²) in [6.07, 6.45) is 2.63. The number of aromatic nitrogens is 1. The van der Waals surface area contributed by atoms with E-state index < -0.39 is 0 Å². The lowest BCUT2D eigenvalue weighted by Gasteiger charge is -2.22. The summed E-state index contributed by atoms with van der Waals surface area (Å²) in [6, 6.07) is 10.6. The summed E-state index contributed by atoms with van der Waals surface area (Å²) in [5.41, 5.74) is 3.46. The van der Waals surface area contributed by atoms with Gasteiger partial charge in [0, 0.05) is 26.2 Å². The zero-order chi connectivity index (χ0) is 15.8. The highest BCUT2D eigenvalue weighted by Gasteiger charge is 2.07. The van der Waals surface area contributed by atoms with Gasteiger partial charge in [0.25, 0.3) is 0 Å². The third-order valence-corrected chi connectivity index (χ3v) is 3.43. The number of aryl methyl sites for hydroxylation is 1. The van der Waals surface area contributed by atoms with Gasteiger partial charge in [0.1, 0.15) is 12.0 Å². The smallest absolute Gasteiger partial charge is 0.194 e. The Balaban J connectivity index is 0.00000264. The van der Waals surface area contributed by atoms with E-state index in [1.807, 2.05) is 13.1 Å². The summed E-state index contributed by atoms with van der Waals surface area (Å²) in [6.45, 7) is 6.39. The highest BCUT2D eigenvalue weighted by Crippen LogP contribution is 2.08. The molecule has 23 heavy (non-hydrogen) atoms. The molecule has 2 rings (SSSR count). The summed E-state index contributed by atoms with van der Waals surface area (Å²) in [7, 11) is 2.04. The fourth-order valence-corrected chi connectivity index (χ4v) is 2.17. The number of rotatable bonds is 6. The minimum atomic E-state index is 0. The van der Waals surface area contributed by atoms with E-state index in [0.717, 1.165) is 31.2 Å². The molecule has 126 valence electrons. The Morgan fingerprint density at radius 3 is 2.43 bits per heavy atom. The average molecular weight is 428 g/mol. The number of guanidine groups is 1. The van der Waals surface area contributed by atoms with Gasteiger partial charge in [0.05, 0.1) is 6.54 Å². The van der Waals surface area contributed by atoms with Crippen LogP contribution >= 0.6 is 24.0 Å². The Morgan fingerprint density at radius 1 is 1.17 bits per heavy atom. The van der Waals surface area contributed by atoms with Crippen molar-refractivity contribution >= 4 is 29.9 Å². The largest absolute Gasteiger partial charge is 0.364 e. The molecule has 0 radical (unpaired) electrons. The molecule has 0 aliphatic carbocycles. The average Bonchev–Trinajstić information content (AvgIpc) is 3.05. The van der Waals surface area contributed by atoms with Crippen LogP contribution in [0.1, 0.15) is 30.7 Å². The van der Waals surface area contributed by atoms with Crippen molar-refractivity contribution in [2.45, 2.75) is 33.4 Å². The maximum atomic E-state index is 4.83. The number of aliphatic imine (C=N–C) groups is 1. The van der Waals surface area contributed by atoms with Crippen LogP contribution in [-0.4, -0.2) is 29.6 Å². The van der Waals surface area contributed by atoms with Crippen molar-refractivity contribution in [3.8, 4) is 0 Å². The van der Waals surface area contributed by atoms with Gasteiger partial charge in [0.2, 0.25) is 0 Å². The topological polar surface area (TPSA) is 53.7 Å². The molecule has 0 saturated carbocycles. The molecule has 0 saturated heterocycles. The standard InChI is InChI=1S/C17H24N4O.HI/c1-4-14-6-8-15(9-7-14)13-21(3)17(18-5-2)19-12-16-10-11-22-20-16;/h6-11H,4-5,12-13H2,1-3H3,(H,18,19);1H. The third-order valence-electron chi connectivity index (χ3n) is 3.43. The van der Waals surface area contributed by atoms with Crippen molar-refractivity contribution in [3.63, 3.8) is 0 Å². The Bertz CT molecular complexity index is 581. The quantitative estimate of drug-likeness (QED) is 0.435. The maximum absolute atomic E-state index is 4.83. The fraction of sp³-hybridized carbons (Fsp3) is 0.412. The molecule has 0 fully saturated rings. The summed E-state index contributed by atoms with van der Waals surface area (Å²) >= 11 is 0. The van der Waals surface area contributed by atoms with Crippen LogP contribution in [0.2, 0.25) is 0 Å². The van der Waals surface area contributed by atoms with E-state index in [9.17, 15) is 0 Å². The highest BCUT2D eigenvalue weighted by molar-refractivity contribution is 14.0. The van der Waals surface area contributed by atoms with Gasteiger partial charge in [-0.25, -0.2) is 4.99 Å². The SMILES string of the molecule is CCNC(=NCc1ccon1)N(C)Cc1ccc(CC)cc1.I. The minimum absolute atomic E-state index is 0. The van der Waals surface area contributed by atoms with Crippen molar-refractivity contribution in [1.82, 2.24) is 15.4 Å². The lowest BCUT2D eigenvalue weighted by atomic mass is 10.1. The molecule has 1 N–H and O–H groups in total. The molecule has 1 heterocycles. The van der Waals surface area contributed by atoms with Gasteiger partial charge in [-0.05, 0) is 24.5 Å². The molecule has 5 nitrogen and oxygen atoms in total. The van der Waals surface area contributed by atoms with E-state index in [4.69, 9.17) is 4.52 Å². The van der Waals surface area contributed by atoms with Crippen LogP contribution in [0, 0.1) is 0 Å². The van der Waals surface area contributed by atoms with Gasteiger partial charge in [0.15, 0.2) is 5.96 Å². The van der Waals surface area contributed by atoms with E-state index in [2.05, 4.69) is 58.5 Å². The Labute approximate surface area is 155 Å². The lowest BCUT2D eigenvalue weighted by molar-refractivity contribution is 0.411. The first-order valence-corrected chi connectivity index (χ1v) is 7.69. The normalized spacial score (nSPS) is 11.0. The van der Waals surface area contributed by atoms with Crippen molar-refractivity contribution in [3.05, 3.63) is 53.4 Å². The molecule has 0 bridgehead atoms. The van der Waals surface area contributed by atoms with Crippen LogP contribution in [0.4, 0.5) is 0 Å². The van der Waals surface area contributed by atoms with Crippen molar-refractivity contribution in [2.75, 3.05) is 13.6 Å². The van der Waals surface area contributed by atoms with Crippen LogP contribution in [0.3, 0.4) is 0 Å². The first-order valence-electron chi connectivity index (χ1n) is 7.69. The maximum Gasteiger partial charge on any atom is 0.194 e. The molecular formula is C17H25IN4O. The number of hydrogen-bond donors (Lipinski definition) is 1. The second-order valence-corrected chi connectivity index (χ2v) is 5.19. The van der Waals surface area contributed by atoms with Gasteiger partial charge in [-0.15, -0.1) is 24.0 Å². The Morgan fingerprint density at radius 2 is 1.87 bits per heavy atom. The van der Waals surface area contributed by atoms with Crippen LogP contribution in [-0.2, 0) is 19.5 Å². The first-order chi connectivity index (χ1) is 10.7. The zero-order valence-corrected chi connectivity index (χ0v) is 16.3. The van der Waals surface area contributed by atoms with Crippen molar-refractivity contribution in [1.29, 1.82) is 0 Å². The molecule has 2 aromatic rings. The van der Waals surface area contributed by atoms with Gasteiger partial charge in [-0.1, -0.05) is 36.3 Å². The highest BCUT2D eigenvalue weighted by atomic mass is 127. The summed E-state index contributed by atoms with van der Waals surface area (Å²) < 4.78 is 4.83. The molecule has 6 heteroatoms. The van der Waals surface area contributed by atoms with Crippen LogP contribution < -0.4 is 5.32 Å². The van der Waals surface area contributed by atoms with E-state index in [1.54, 1.807) is 6.26 Å². The van der Waals surface area contributed by atoms with Gasteiger partial charge < -0.3 is 14.7 Å². The minimum Gasteiger partial charge on any atom is -0.364 e. The van der Waals surface area contributed by atoms with Crippen LogP contribution in [0.25, 0.3) is 0 Å². The number of benzene rings is 1. The number of hydrogen-bond acceptors (Lipinski definition) is 3. The van der Waals surface area contributed by atoms with Crippen LogP contribution in [0.15, 0.2) is 46.1 Å². The zero-order valence-electron chi connectivity index (χ0n) is 14.0. The predicted octanol–water partition coefficient (Wildman–Crippen LogP) is 3.45. The van der Waals surface area contributed by atoms with Gasteiger partial charge >= 0.3 is 0 Å². The van der Waals surface area contributed by atoms with E-state index in [0.29, 0.717) is 6.54 Å². The van der Waals surface area contributed by atoms with E-state index in [1.165, 1.54) is 11.1 Å². The summed E-state index contributed by atoms with van der Waals surface area (Å²) in [4.78, 5) is 6.71. The van der Waals surface area contributed by atoms with Crippen LogP contribution in [0.5, 0.6) is 0 Å². The molecule has 0 amide bonds. The van der Waals surface area contributed by atoms with Gasteiger partial charge in [-0.2, -0.15) is 0 Å². The molecule has 1 aromatic heterocycles. The molecule has 0 aliphatic rings. The van der Waals surface area contributed by atoms with E-state index >= 15 is 0 Å². The van der Waals surface area contributed by atoms with E-state index in [-0.39, 0.29) is 24.0 Å². The summed E-state index contributed by atoms with van der Waals surface area (Å²) in [5, 5.41) is 7.19. The number of halogens is 1. The summed E-state index contributed by atoms with van der Waals surface area (Å²) in [5.74, 6) is 0.866. The number of nitrogens with zero attached hydrogens (tertiary/aromatic N) is 3. The molecule has 0 spiro atoms. The van der Waals surface area contributed by atoms with Gasteiger partial charge in [-0.3, -0.25) is 0 Å². The monoisotopic (exact) mass is 428 g/mol. The fourth-order valence-electron chi connectivity index (χ4n) is 2.17. The molecule has 0 atom stereocenters. The first kappa shape index (κ1) is 19.5. The Hall–Kier alpha value is -1.57. The molecule has 0 unspecified atom stereocenters. The second-order valence-electron chi connectivity index (χ2n) is 5.19. The molecular weight excluding hydrogens is 403 g/mol. The van der Waals surface area contributed by atoms with Crippen molar-refractivity contribution in [2.24, 2.45) is 4.99 Å². The molecule has 1 aromatic carbocycles.